The van der Waals surface area contributed by atoms with Crippen LogP contribution in [0.2, 0.25) is 0 Å². The van der Waals surface area contributed by atoms with Crippen LogP contribution in [0, 0.1) is 37.3 Å². The lowest BCUT2D eigenvalue weighted by atomic mass is 9.78. The molecule has 0 radical (unpaired) electrons. The number of nitro benzene ring substituents is 3. The molecule has 0 fully saturated rings. The van der Waals surface area contributed by atoms with Gasteiger partial charge in [0.25, 0.3) is 17.1 Å². The van der Waals surface area contributed by atoms with Crippen molar-refractivity contribution in [3.8, 4) is 56.0 Å². The molecule has 22 heteroatoms. The van der Waals surface area contributed by atoms with E-state index in [0.717, 1.165) is 164 Å². The lowest BCUT2D eigenvalue weighted by Crippen LogP contribution is -2.38. The number of carbonyl (C=O) groups is 7. The summed E-state index contributed by atoms with van der Waals surface area (Å²) in [4.78, 5) is 113. The number of benzene rings is 11. The molecular formula is C102H93F3N4O15. The fourth-order valence-corrected chi connectivity index (χ4v) is 16.4. The van der Waals surface area contributed by atoms with Gasteiger partial charge in [-0.1, -0.05) is 121 Å². The van der Waals surface area contributed by atoms with E-state index in [1.54, 1.807) is 92.0 Å². The van der Waals surface area contributed by atoms with E-state index >= 15 is 0 Å². The molecule has 11 aromatic carbocycles. The molecule has 11 aromatic rings. The summed E-state index contributed by atoms with van der Waals surface area (Å²) < 4.78 is 47.9. The number of allylic oxidation sites excluding steroid dienone is 2. The molecule has 0 aromatic heterocycles. The zero-order valence-corrected chi connectivity index (χ0v) is 68.9. The summed E-state index contributed by atoms with van der Waals surface area (Å²) in [7, 11) is 1.65. The molecule has 3 unspecified atom stereocenters. The number of fused-ring (bicyclic) bond motifs is 7. The zero-order valence-electron chi connectivity index (χ0n) is 68.9. The number of ether oxygens (including phenoxy) is 1. The fraction of sp³-hybridized carbons (Fsp3) is 0.245. The summed E-state index contributed by atoms with van der Waals surface area (Å²) in [6.07, 6.45) is 14.2. The largest absolute Gasteiger partial charge is 0.508 e. The van der Waals surface area contributed by atoms with E-state index in [4.69, 9.17) is 15.6 Å². The maximum Gasteiger partial charge on any atom is 0.269 e. The Morgan fingerprint density at radius 3 is 1.08 bits per heavy atom. The van der Waals surface area contributed by atoms with Gasteiger partial charge in [-0.3, -0.25) is 63.9 Å². The number of nitrogen functional groups attached to an aromatic ring is 1. The molecule has 3 N–H and O–H groups in total. The summed E-state index contributed by atoms with van der Waals surface area (Å²) in [5.74, 6) is 0.734. The first-order valence-corrected chi connectivity index (χ1v) is 41.3. The van der Waals surface area contributed by atoms with Crippen molar-refractivity contribution in [3.05, 3.63) is 364 Å². The monoisotopic (exact) mass is 1670 g/mol. The molecule has 0 saturated heterocycles. The Morgan fingerprint density at radius 1 is 0.395 bits per heavy atom. The zero-order chi connectivity index (χ0) is 88.5. The lowest BCUT2D eigenvalue weighted by Gasteiger charge is -2.29. The van der Waals surface area contributed by atoms with Gasteiger partial charge in [-0.25, -0.2) is 13.2 Å². The molecule has 7 aliphatic rings. The predicted octanol–water partition coefficient (Wildman–Crippen LogP) is 23.2. The third kappa shape index (κ3) is 21.5. The normalized spacial score (nSPS) is 17.3. The number of phenolic OH excluding ortho intramolecular Hbond substituents is 1. The van der Waals surface area contributed by atoms with E-state index in [1.807, 2.05) is 97.1 Å². The number of alkyl halides is 3. The van der Waals surface area contributed by atoms with Crippen LogP contribution in [-0.2, 0) is 44.9 Å². The smallest absolute Gasteiger partial charge is 0.269 e. The highest BCUT2D eigenvalue weighted by molar-refractivity contribution is 6.07. The molecule has 7 aliphatic carbocycles. The number of carbonyl (C=O) groups excluding carboxylic acids is 7. The molecule has 0 amide bonds. The number of aryl methyl sites for hydroxylation is 8. The number of methoxy groups -OCH3 is 1. The van der Waals surface area contributed by atoms with Crippen LogP contribution < -0.4 is 10.5 Å². The van der Waals surface area contributed by atoms with Crippen molar-refractivity contribution in [2.45, 2.75) is 153 Å². The molecule has 0 spiro atoms. The van der Waals surface area contributed by atoms with Crippen molar-refractivity contribution in [3.63, 3.8) is 0 Å². The van der Waals surface area contributed by atoms with E-state index < -0.39 is 49.6 Å². The first kappa shape index (κ1) is 89.2. The van der Waals surface area contributed by atoms with Crippen molar-refractivity contribution in [2.75, 3.05) is 12.8 Å². The molecule has 124 heavy (non-hydrogen) atoms. The Morgan fingerprint density at radius 2 is 0.702 bits per heavy atom. The summed E-state index contributed by atoms with van der Waals surface area (Å²) in [6.45, 7) is 9.14. The predicted molar refractivity (Wildman–Crippen MR) is 473 cm³/mol. The van der Waals surface area contributed by atoms with Crippen molar-refractivity contribution in [2.24, 2.45) is 0 Å². The number of nitrogens with two attached hydrogens (primary N) is 1. The van der Waals surface area contributed by atoms with E-state index in [0.29, 0.717) is 66.7 Å². The molecular weight excluding hydrogens is 1580 g/mol. The number of rotatable bonds is 12. The van der Waals surface area contributed by atoms with Crippen molar-refractivity contribution in [1.29, 1.82) is 0 Å². The second kappa shape index (κ2) is 40.1. The van der Waals surface area contributed by atoms with Gasteiger partial charge in [0.15, 0.2) is 46.4 Å². The number of phenols is 1. The lowest BCUT2D eigenvalue weighted by molar-refractivity contribution is -0.385. The number of halogens is 3. The van der Waals surface area contributed by atoms with E-state index in [9.17, 15) is 77.1 Å². The van der Waals surface area contributed by atoms with Gasteiger partial charge in [-0.15, -0.1) is 13.2 Å². The van der Waals surface area contributed by atoms with Gasteiger partial charge < -0.3 is 15.6 Å². The third-order valence-electron chi connectivity index (χ3n) is 23.2. The number of aromatic hydroxyl groups is 1. The average molecular weight is 1670 g/mol. The van der Waals surface area contributed by atoms with Crippen molar-refractivity contribution in [1.82, 2.24) is 0 Å². The highest BCUT2D eigenvalue weighted by Crippen LogP contribution is 2.40. The first-order valence-electron chi connectivity index (χ1n) is 41.3. The number of hydrogen-bond donors (Lipinski definition) is 2. The standard InChI is InChI=1S/C19H16FNO3.C19H18FNO.C16H12FNO3.C16H13NO3.C11H12O2.C11H12O.C10H10O2/c1-2-10-19(20)11-9-15-12-14(5-8-17(15)18(19)22)13-3-6-16(7-4-13)21(23)24;1-2-10-19(20)11-9-15-12-14(5-8-17(15)18(19)22)13-3-6-16(21)7-4-13;17-15-8-4-12-9-11(3-7-14(12)16(15)19)10-1-5-13(6-2-10)18(20)21;18-16-3-1-2-13-10-12(6-9-15(13)16)11-4-7-14(8-5-11)17(19)20;1-13-9-5-6-10-8(7-9)3-2-4-11(10)12;1-8-5-6-10-9(7-8)3-2-4-11(10)12;11-8-4-5-9-7(6-8)2-1-3-10(9)12/h2-8,12H,1,9-11H2;2-8,12H,1,9-11,21H2;1-3,5-7,9,15H,4,8H2;4-10H,1-3H2;5-7H,2-4H2,1H3;5-7H,2-4H2,1H3;4-6,11H,1-3H2. The summed E-state index contributed by atoms with van der Waals surface area (Å²) in [6, 6.07) is 65.1. The molecule has 0 saturated carbocycles. The maximum absolute atomic E-state index is 14.7. The van der Waals surface area contributed by atoms with Gasteiger partial charge in [-0.05, 0) is 265 Å². The fourth-order valence-electron chi connectivity index (χ4n) is 16.4. The number of hydrogen-bond acceptors (Lipinski definition) is 16. The topological polar surface area (TPSA) is 304 Å². The van der Waals surface area contributed by atoms with Gasteiger partial charge in [-0.2, -0.15) is 0 Å². The Labute approximate surface area is 716 Å². The number of ketones is 7. The minimum Gasteiger partial charge on any atom is -0.508 e. The van der Waals surface area contributed by atoms with Gasteiger partial charge in [0.05, 0.1) is 21.9 Å². The second-order valence-electron chi connectivity index (χ2n) is 31.6. The number of non-ortho nitro benzene ring substituents is 3. The van der Waals surface area contributed by atoms with Crippen LogP contribution >= 0.6 is 0 Å². The Balaban J connectivity index is 0.000000134. The highest BCUT2D eigenvalue weighted by atomic mass is 19.1. The molecule has 632 valence electrons. The van der Waals surface area contributed by atoms with Crippen LogP contribution in [0.5, 0.6) is 11.5 Å². The minimum atomic E-state index is -1.86. The number of nitrogens with zero attached hydrogens (tertiary/aromatic N) is 3. The maximum atomic E-state index is 14.7. The Bertz CT molecular complexity index is 5900. The Hall–Kier alpha value is -14.0. The van der Waals surface area contributed by atoms with Crippen LogP contribution in [0.3, 0.4) is 0 Å². The summed E-state index contributed by atoms with van der Waals surface area (Å²) in [5, 5.41) is 41.2. The third-order valence-corrected chi connectivity index (χ3v) is 23.2. The number of anilines is 1. The molecule has 0 aliphatic heterocycles. The molecule has 0 heterocycles. The van der Waals surface area contributed by atoms with Crippen molar-refractivity contribution < 1.29 is 71.3 Å². The van der Waals surface area contributed by atoms with Crippen LogP contribution in [0.4, 0.5) is 35.9 Å². The van der Waals surface area contributed by atoms with E-state index in [-0.39, 0.29) is 72.3 Å². The average Bonchev–Trinajstić information content (AvgIpc) is 0.777. The molecule has 3 atom stereocenters. The van der Waals surface area contributed by atoms with Gasteiger partial charge in [0, 0.05) is 120 Å². The number of nitro groups is 3. The van der Waals surface area contributed by atoms with Crippen molar-refractivity contribution >= 4 is 63.2 Å². The van der Waals surface area contributed by atoms with Crippen LogP contribution in [-0.4, -0.2) is 85.0 Å². The van der Waals surface area contributed by atoms with E-state index in [1.165, 1.54) is 59.7 Å². The second-order valence-corrected chi connectivity index (χ2v) is 31.6. The van der Waals surface area contributed by atoms with E-state index in [2.05, 4.69) is 26.1 Å². The SMILES string of the molecule is C=CCC1(F)CCc2cc(-c3ccc(N)cc3)ccc2C1=O.C=CCC1(F)CCc2cc(-c3ccc([N+](=O)[O-])cc3)ccc2C1=O.COc1ccc2c(c1)CCCC2=O.Cc1ccc2c(c1)CCCC2=O.O=C1CCCc2cc(-c3ccc([N+](=O)[O-])cc3)ccc21.O=C1CCCc2cc(O)ccc21.O=C1c2ccc(-c3ccc([N+](=O)[O-])cc3)cc2CCC1F. The van der Waals surface area contributed by atoms with Crippen LogP contribution in [0.15, 0.2) is 250 Å². The van der Waals surface area contributed by atoms with Gasteiger partial charge in [0.1, 0.15) is 11.5 Å². The van der Waals surface area contributed by atoms with Gasteiger partial charge in [0.2, 0.25) is 11.6 Å². The summed E-state index contributed by atoms with van der Waals surface area (Å²) in [5.41, 5.74) is 23.3. The highest BCUT2D eigenvalue weighted by Gasteiger charge is 2.43. The first-order chi connectivity index (χ1) is 59.5. The quantitative estimate of drug-likeness (QED) is 0.0497. The molecule has 0 bridgehead atoms. The number of Topliss-reactive ketones (excluding diaryl/α,β-unsaturated/α-hetero) is 7. The Kier molecular flexibility index (Phi) is 28.9. The van der Waals surface area contributed by atoms with Crippen LogP contribution in [0.1, 0.15) is 200 Å². The van der Waals surface area contributed by atoms with Crippen LogP contribution in [0.25, 0.3) is 44.5 Å². The molecule has 18 rings (SSSR count). The van der Waals surface area contributed by atoms with Gasteiger partial charge >= 0.3 is 0 Å². The summed E-state index contributed by atoms with van der Waals surface area (Å²) >= 11 is 0. The molecule has 19 nitrogen and oxygen atoms in total. The minimum absolute atomic E-state index is 0.0232.